The molecule has 138 valence electrons. The molecule has 1 amide bonds. The van der Waals surface area contributed by atoms with Crippen LogP contribution in [0.1, 0.15) is 48.0 Å². The summed E-state index contributed by atoms with van der Waals surface area (Å²) >= 11 is 0. The van der Waals surface area contributed by atoms with Crippen molar-refractivity contribution in [2.24, 2.45) is 0 Å². The Hall–Kier alpha value is -2.48. The molecular weight excluding hydrogens is 334 g/mol. The van der Waals surface area contributed by atoms with Crippen LogP contribution >= 0.6 is 0 Å². The van der Waals surface area contributed by atoms with Gasteiger partial charge in [0.05, 0.1) is 18.2 Å². The highest BCUT2D eigenvalue weighted by Gasteiger charge is 2.34. The van der Waals surface area contributed by atoms with E-state index in [9.17, 15) is 4.79 Å². The van der Waals surface area contributed by atoms with Crippen molar-refractivity contribution in [3.05, 3.63) is 35.7 Å². The van der Waals surface area contributed by atoms with E-state index in [4.69, 9.17) is 9.15 Å². The molecular formula is C18H23N5O3. The van der Waals surface area contributed by atoms with Gasteiger partial charge in [0.2, 0.25) is 11.8 Å². The first-order valence-electron chi connectivity index (χ1n) is 9.06. The molecule has 0 aliphatic carbocycles. The summed E-state index contributed by atoms with van der Waals surface area (Å²) in [5, 5.41) is 7.92. The van der Waals surface area contributed by atoms with Crippen LogP contribution in [0.25, 0.3) is 0 Å². The number of aryl methyl sites for hydroxylation is 1. The highest BCUT2D eigenvalue weighted by atomic mass is 16.5. The maximum atomic E-state index is 13.2. The van der Waals surface area contributed by atoms with Crippen LogP contribution in [0.3, 0.4) is 0 Å². The van der Waals surface area contributed by atoms with E-state index in [0.29, 0.717) is 30.4 Å². The lowest BCUT2D eigenvalue weighted by molar-refractivity contribution is -0.0796. The highest BCUT2D eigenvalue weighted by molar-refractivity contribution is 5.99. The highest BCUT2D eigenvalue weighted by Crippen LogP contribution is 2.28. The summed E-state index contributed by atoms with van der Waals surface area (Å²) in [6.07, 6.45) is 3.50. The molecule has 2 aliphatic rings. The molecule has 2 aromatic heterocycles. The van der Waals surface area contributed by atoms with E-state index in [1.165, 1.54) is 0 Å². The fourth-order valence-electron chi connectivity index (χ4n) is 3.61. The third kappa shape index (κ3) is 3.29. The van der Waals surface area contributed by atoms with Crippen LogP contribution in [0.5, 0.6) is 0 Å². The summed E-state index contributed by atoms with van der Waals surface area (Å²) < 4.78 is 11.4. The van der Waals surface area contributed by atoms with Gasteiger partial charge in [0.15, 0.2) is 6.10 Å². The Labute approximate surface area is 152 Å². The van der Waals surface area contributed by atoms with Crippen molar-refractivity contribution in [3.63, 3.8) is 0 Å². The van der Waals surface area contributed by atoms with E-state index in [-0.39, 0.29) is 12.0 Å². The Morgan fingerprint density at radius 2 is 2.04 bits per heavy atom. The lowest BCUT2D eigenvalue weighted by Crippen LogP contribution is -2.46. The van der Waals surface area contributed by atoms with Crippen LogP contribution in [-0.2, 0) is 4.74 Å². The van der Waals surface area contributed by atoms with Gasteiger partial charge in [-0.1, -0.05) is 0 Å². The predicted octanol–water partition coefficient (Wildman–Crippen LogP) is 1.98. The molecule has 2 atom stereocenters. The molecule has 0 aromatic carbocycles. The van der Waals surface area contributed by atoms with Crippen LogP contribution in [-0.4, -0.2) is 58.3 Å². The van der Waals surface area contributed by atoms with Crippen molar-refractivity contribution in [3.8, 4) is 0 Å². The summed E-state index contributed by atoms with van der Waals surface area (Å²) in [6.45, 7) is 6.49. The number of rotatable bonds is 3. The number of hydrogen-bond donors (Lipinski definition) is 0. The predicted molar refractivity (Wildman–Crippen MR) is 93.9 cm³/mol. The van der Waals surface area contributed by atoms with E-state index in [2.05, 4.69) is 20.1 Å². The molecule has 2 saturated heterocycles. The third-order valence-corrected chi connectivity index (χ3v) is 4.79. The number of nitrogens with zero attached hydrogens (tertiary/aromatic N) is 5. The summed E-state index contributed by atoms with van der Waals surface area (Å²) in [6, 6.07) is 3.67. The number of ether oxygens (including phenoxy) is 1. The molecule has 4 rings (SSSR count). The second-order valence-electron chi connectivity index (χ2n) is 6.87. The van der Waals surface area contributed by atoms with Crippen LogP contribution in [0.15, 0.2) is 22.7 Å². The largest absolute Gasteiger partial charge is 0.423 e. The standard InChI is InChI=1S/C18H23N5O3/c1-12-10-23(11-15(25-12)17-21-20-13(2)26-17)18(24)14-6-5-7-19-16(14)22-8-3-4-9-22/h5-7,12,15H,3-4,8-11H2,1-2H3/t12-,15-/m1/s1. The lowest BCUT2D eigenvalue weighted by Gasteiger charge is -2.35. The molecule has 0 N–H and O–H groups in total. The zero-order chi connectivity index (χ0) is 18.1. The van der Waals surface area contributed by atoms with Gasteiger partial charge < -0.3 is 19.0 Å². The summed E-state index contributed by atoms with van der Waals surface area (Å²) in [5.74, 6) is 1.65. The van der Waals surface area contributed by atoms with Crippen molar-refractivity contribution in [1.82, 2.24) is 20.1 Å². The van der Waals surface area contributed by atoms with E-state index < -0.39 is 6.10 Å². The van der Waals surface area contributed by atoms with Gasteiger partial charge in [-0.3, -0.25) is 4.79 Å². The van der Waals surface area contributed by atoms with Crippen molar-refractivity contribution < 1.29 is 13.9 Å². The van der Waals surface area contributed by atoms with Gasteiger partial charge in [-0.2, -0.15) is 0 Å². The fraction of sp³-hybridized carbons (Fsp3) is 0.556. The minimum absolute atomic E-state index is 0.0311. The summed E-state index contributed by atoms with van der Waals surface area (Å²) in [5.41, 5.74) is 0.643. The molecule has 26 heavy (non-hydrogen) atoms. The van der Waals surface area contributed by atoms with Crippen LogP contribution in [0, 0.1) is 6.92 Å². The molecule has 0 unspecified atom stereocenters. The molecule has 0 spiro atoms. The minimum Gasteiger partial charge on any atom is -0.423 e. The Morgan fingerprint density at radius 3 is 2.77 bits per heavy atom. The molecule has 2 aromatic rings. The first kappa shape index (κ1) is 17.0. The van der Waals surface area contributed by atoms with Gasteiger partial charge in [-0.15, -0.1) is 10.2 Å². The molecule has 0 bridgehead atoms. The van der Waals surface area contributed by atoms with Crippen LogP contribution in [0.4, 0.5) is 5.82 Å². The molecule has 0 radical (unpaired) electrons. The second-order valence-corrected chi connectivity index (χ2v) is 6.87. The number of morpholine rings is 1. The average molecular weight is 357 g/mol. The van der Waals surface area contributed by atoms with Crippen molar-refractivity contribution in [2.45, 2.75) is 38.9 Å². The van der Waals surface area contributed by atoms with Gasteiger partial charge in [0.1, 0.15) is 5.82 Å². The first-order valence-corrected chi connectivity index (χ1v) is 9.06. The van der Waals surface area contributed by atoms with Gasteiger partial charge in [0.25, 0.3) is 5.91 Å². The molecule has 2 aliphatic heterocycles. The number of anilines is 1. The minimum atomic E-state index is -0.407. The second kappa shape index (κ2) is 7.03. The third-order valence-electron chi connectivity index (χ3n) is 4.79. The number of pyridine rings is 1. The molecule has 2 fully saturated rings. The first-order chi connectivity index (χ1) is 12.6. The number of carbonyl (C=O) groups excluding carboxylic acids is 1. The molecule has 4 heterocycles. The van der Waals surface area contributed by atoms with Crippen molar-refractivity contribution in [1.29, 1.82) is 0 Å². The molecule has 0 saturated carbocycles. The zero-order valence-corrected chi connectivity index (χ0v) is 15.1. The van der Waals surface area contributed by atoms with E-state index >= 15 is 0 Å². The quantitative estimate of drug-likeness (QED) is 0.830. The monoisotopic (exact) mass is 357 g/mol. The number of hydrogen-bond acceptors (Lipinski definition) is 7. The number of aromatic nitrogens is 3. The normalized spacial score (nSPS) is 23.5. The van der Waals surface area contributed by atoms with E-state index in [0.717, 1.165) is 31.7 Å². The zero-order valence-electron chi connectivity index (χ0n) is 15.1. The Kier molecular flexibility index (Phi) is 4.58. The smallest absolute Gasteiger partial charge is 0.257 e. The van der Waals surface area contributed by atoms with E-state index in [1.807, 2.05) is 19.1 Å². The van der Waals surface area contributed by atoms with Crippen molar-refractivity contribution >= 4 is 11.7 Å². The lowest BCUT2D eigenvalue weighted by atomic mass is 10.1. The molecule has 8 nitrogen and oxygen atoms in total. The average Bonchev–Trinajstić information content (AvgIpc) is 3.32. The van der Waals surface area contributed by atoms with Crippen molar-refractivity contribution in [2.75, 3.05) is 31.1 Å². The Bertz CT molecular complexity index is 787. The SMILES string of the molecule is Cc1nnc([C@H]2CN(C(=O)c3cccnc3N3CCCC3)C[C@@H](C)O2)o1. The van der Waals surface area contributed by atoms with Crippen LogP contribution < -0.4 is 4.90 Å². The maximum absolute atomic E-state index is 13.2. The number of carbonyl (C=O) groups is 1. The maximum Gasteiger partial charge on any atom is 0.257 e. The van der Waals surface area contributed by atoms with Gasteiger partial charge >= 0.3 is 0 Å². The van der Waals surface area contributed by atoms with Gasteiger partial charge in [-0.05, 0) is 31.9 Å². The Morgan fingerprint density at radius 1 is 1.23 bits per heavy atom. The topological polar surface area (TPSA) is 84.6 Å². The molecule has 8 heteroatoms. The van der Waals surface area contributed by atoms with Crippen LogP contribution in [0.2, 0.25) is 0 Å². The van der Waals surface area contributed by atoms with Gasteiger partial charge in [-0.25, -0.2) is 4.98 Å². The van der Waals surface area contributed by atoms with E-state index in [1.54, 1.807) is 18.0 Å². The summed E-state index contributed by atoms with van der Waals surface area (Å²) in [7, 11) is 0. The Balaban J connectivity index is 1.57. The fourth-order valence-corrected chi connectivity index (χ4v) is 3.61. The van der Waals surface area contributed by atoms with Gasteiger partial charge in [0, 0.05) is 32.8 Å². The summed E-state index contributed by atoms with van der Waals surface area (Å²) in [4.78, 5) is 21.7. The number of amides is 1.